The molecule has 2 aliphatic carbocycles. The Labute approximate surface area is 109 Å². The summed E-state index contributed by atoms with van der Waals surface area (Å²) >= 11 is 0. The van der Waals surface area contributed by atoms with Crippen molar-refractivity contribution in [2.24, 2.45) is 35.5 Å². The van der Waals surface area contributed by atoms with Gasteiger partial charge in [-0.3, -0.25) is 14.5 Å². The first-order valence-corrected chi connectivity index (χ1v) is 7.30. The first-order chi connectivity index (χ1) is 8.43. The molecular weight excluding hydrogens is 226 g/mol. The molecule has 0 aromatic heterocycles. The molecule has 18 heavy (non-hydrogen) atoms. The molecule has 0 N–H and O–H groups in total. The Bertz CT molecular complexity index is 401. The SMILES string of the molecule is CC(C)C1CC2CC1C1C(=O)N(C(C)C)C(=O)C21. The summed E-state index contributed by atoms with van der Waals surface area (Å²) in [7, 11) is 0. The van der Waals surface area contributed by atoms with Gasteiger partial charge in [0.2, 0.25) is 11.8 Å². The van der Waals surface area contributed by atoms with Crippen molar-refractivity contribution in [2.75, 3.05) is 0 Å². The van der Waals surface area contributed by atoms with E-state index in [0.717, 1.165) is 12.8 Å². The third kappa shape index (κ3) is 1.36. The van der Waals surface area contributed by atoms with Gasteiger partial charge in [0.05, 0.1) is 11.8 Å². The van der Waals surface area contributed by atoms with Crippen LogP contribution in [0.1, 0.15) is 40.5 Å². The summed E-state index contributed by atoms with van der Waals surface area (Å²) in [4.78, 5) is 26.5. The maximum absolute atomic E-state index is 12.5. The number of fused-ring (bicyclic) bond motifs is 5. The quantitative estimate of drug-likeness (QED) is 0.704. The number of hydrogen-bond acceptors (Lipinski definition) is 2. The monoisotopic (exact) mass is 249 g/mol. The van der Waals surface area contributed by atoms with E-state index in [-0.39, 0.29) is 29.7 Å². The molecule has 1 aliphatic heterocycles. The Morgan fingerprint density at radius 1 is 1.00 bits per heavy atom. The Morgan fingerprint density at radius 2 is 1.61 bits per heavy atom. The van der Waals surface area contributed by atoms with Gasteiger partial charge in [0.25, 0.3) is 0 Å². The van der Waals surface area contributed by atoms with Crippen molar-refractivity contribution >= 4 is 11.8 Å². The van der Waals surface area contributed by atoms with Crippen LogP contribution >= 0.6 is 0 Å². The maximum Gasteiger partial charge on any atom is 0.233 e. The van der Waals surface area contributed by atoms with Gasteiger partial charge in [0, 0.05) is 6.04 Å². The number of nitrogens with zero attached hydrogens (tertiary/aromatic N) is 1. The van der Waals surface area contributed by atoms with E-state index in [0.29, 0.717) is 23.7 Å². The average molecular weight is 249 g/mol. The van der Waals surface area contributed by atoms with Crippen molar-refractivity contribution in [3.8, 4) is 0 Å². The fourth-order valence-electron chi connectivity index (χ4n) is 4.81. The third-order valence-corrected chi connectivity index (χ3v) is 5.47. The van der Waals surface area contributed by atoms with Gasteiger partial charge in [0.15, 0.2) is 0 Å². The van der Waals surface area contributed by atoms with E-state index in [1.807, 2.05) is 13.8 Å². The van der Waals surface area contributed by atoms with Crippen LogP contribution in [-0.4, -0.2) is 22.8 Å². The summed E-state index contributed by atoms with van der Waals surface area (Å²) in [6.07, 6.45) is 2.27. The molecule has 0 aromatic carbocycles. The van der Waals surface area contributed by atoms with Gasteiger partial charge in [0.1, 0.15) is 0 Å². The minimum absolute atomic E-state index is 0.0195. The minimum atomic E-state index is 0.0195. The fourth-order valence-corrected chi connectivity index (χ4v) is 4.81. The van der Waals surface area contributed by atoms with Gasteiger partial charge in [-0.2, -0.15) is 0 Å². The summed E-state index contributed by atoms with van der Waals surface area (Å²) in [5.41, 5.74) is 0. The third-order valence-electron chi connectivity index (χ3n) is 5.47. The highest BCUT2D eigenvalue weighted by Crippen LogP contribution is 2.60. The smallest absolute Gasteiger partial charge is 0.233 e. The summed E-state index contributed by atoms with van der Waals surface area (Å²) < 4.78 is 0. The molecule has 0 aromatic rings. The molecular formula is C15H23NO2. The molecule has 3 fully saturated rings. The van der Waals surface area contributed by atoms with E-state index >= 15 is 0 Å². The summed E-state index contributed by atoms with van der Waals surface area (Å²) in [5.74, 6) is 2.53. The van der Waals surface area contributed by atoms with Crippen molar-refractivity contribution in [3.05, 3.63) is 0 Å². The number of rotatable bonds is 2. The molecule has 0 spiro atoms. The van der Waals surface area contributed by atoms with Gasteiger partial charge < -0.3 is 0 Å². The normalized spacial score (nSPS) is 42.6. The molecule has 0 radical (unpaired) electrons. The highest BCUT2D eigenvalue weighted by atomic mass is 16.2. The molecule has 2 bridgehead atoms. The number of imide groups is 1. The molecule has 2 saturated carbocycles. The van der Waals surface area contributed by atoms with E-state index in [1.54, 1.807) is 0 Å². The summed E-state index contributed by atoms with van der Waals surface area (Å²) in [6, 6.07) is 0.0208. The molecule has 100 valence electrons. The lowest BCUT2D eigenvalue weighted by atomic mass is 9.71. The summed E-state index contributed by atoms with van der Waals surface area (Å²) in [6.45, 7) is 8.39. The first-order valence-electron chi connectivity index (χ1n) is 7.30. The molecule has 5 unspecified atom stereocenters. The largest absolute Gasteiger partial charge is 0.280 e. The van der Waals surface area contributed by atoms with Crippen LogP contribution in [0.3, 0.4) is 0 Å². The molecule has 3 aliphatic rings. The van der Waals surface area contributed by atoms with Crippen molar-refractivity contribution < 1.29 is 9.59 Å². The van der Waals surface area contributed by atoms with Crippen molar-refractivity contribution in [2.45, 2.75) is 46.6 Å². The number of amides is 2. The summed E-state index contributed by atoms with van der Waals surface area (Å²) in [5, 5.41) is 0. The molecule has 3 rings (SSSR count). The first kappa shape index (κ1) is 12.2. The van der Waals surface area contributed by atoms with E-state index in [4.69, 9.17) is 0 Å². The standard InChI is InChI=1S/C15H23NO2/c1-7(2)10-5-9-6-11(10)13-12(9)14(17)16(8(3)4)15(13)18/h7-13H,5-6H2,1-4H3. The Hall–Kier alpha value is -0.860. The fraction of sp³-hybridized carbons (Fsp3) is 0.867. The van der Waals surface area contributed by atoms with Gasteiger partial charge >= 0.3 is 0 Å². The second-order valence-electron chi connectivity index (χ2n) is 7.00. The van der Waals surface area contributed by atoms with Crippen LogP contribution in [0.4, 0.5) is 0 Å². The van der Waals surface area contributed by atoms with Crippen LogP contribution in [-0.2, 0) is 9.59 Å². The van der Waals surface area contributed by atoms with Gasteiger partial charge in [-0.05, 0) is 50.4 Å². The van der Waals surface area contributed by atoms with E-state index < -0.39 is 0 Å². The Kier molecular flexibility index (Phi) is 2.58. The van der Waals surface area contributed by atoms with E-state index in [1.165, 1.54) is 4.90 Å². The molecule has 3 heteroatoms. The van der Waals surface area contributed by atoms with Crippen LogP contribution in [0.5, 0.6) is 0 Å². The second-order valence-corrected chi connectivity index (χ2v) is 7.00. The lowest BCUT2D eigenvalue weighted by Crippen LogP contribution is -2.38. The topological polar surface area (TPSA) is 37.4 Å². The van der Waals surface area contributed by atoms with Crippen molar-refractivity contribution in [3.63, 3.8) is 0 Å². The molecule has 3 nitrogen and oxygen atoms in total. The van der Waals surface area contributed by atoms with Crippen molar-refractivity contribution in [1.29, 1.82) is 0 Å². The van der Waals surface area contributed by atoms with Gasteiger partial charge in [-0.1, -0.05) is 13.8 Å². The Morgan fingerprint density at radius 3 is 2.17 bits per heavy atom. The lowest BCUT2D eigenvalue weighted by Gasteiger charge is -2.31. The van der Waals surface area contributed by atoms with E-state index in [9.17, 15) is 9.59 Å². The second kappa shape index (κ2) is 3.82. The zero-order valence-corrected chi connectivity index (χ0v) is 11.7. The highest BCUT2D eigenvalue weighted by Gasteiger charge is 2.64. The highest BCUT2D eigenvalue weighted by molar-refractivity contribution is 6.06. The molecule has 2 amide bonds. The predicted octanol–water partition coefficient (Wildman–Crippen LogP) is 2.31. The van der Waals surface area contributed by atoms with Crippen LogP contribution in [0.25, 0.3) is 0 Å². The molecule has 1 heterocycles. The molecule has 5 atom stereocenters. The van der Waals surface area contributed by atoms with Crippen LogP contribution in [0.15, 0.2) is 0 Å². The number of carbonyl (C=O) groups excluding carboxylic acids is 2. The number of carbonyl (C=O) groups is 2. The maximum atomic E-state index is 12.5. The number of likely N-dealkylation sites (tertiary alicyclic amines) is 1. The number of hydrogen-bond donors (Lipinski definition) is 0. The van der Waals surface area contributed by atoms with Crippen LogP contribution in [0, 0.1) is 35.5 Å². The van der Waals surface area contributed by atoms with Crippen LogP contribution < -0.4 is 0 Å². The predicted molar refractivity (Wildman–Crippen MR) is 68.5 cm³/mol. The van der Waals surface area contributed by atoms with Gasteiger partial charge in [-0.15, -0.1) is 0 Å². The average Bonchev–Trinajstić information content (AvgIpc) is 2.89. The van der Waals surface area contributed by atoms with Crippen molar-refractivity contribution in [1.82, 2.24) is 4.90 Å². The van der Waals surface area contributed by atoms with Gasteiger partial charge in [-0.25, -0.2) is 0 Å². The minimum Gasteiger partial charge on any atom is -0.280 e. The van der Waals surface area contributed by atoms with E-state index in [2.05, 4.69) is 13.8 Å². The zero-order valence-electron chi connectivity index (χ0n) is 11.7. The Balaban J connectivity index is 1.92. The van der Waals surface area contributed by atoms with Crippen LogP contribution in [0.2, 0.25) is 0 Å². The zero-order chi connectivity index (χ0) is 13.2. The lowest BCUT2D eigenvalue weighted by molar-refractivity contribution is -0.142. The molecule has 1 saturated heterocycles.